The molecule has 1 unspecified atom stereocenters. The zero-order chi connectivity index (χ0) is 23.5. The topological polar surface area (TPSA) is 55.0 Å². The van der Waals surface area contributed by atoms with Crippen LogP contribution in [-0.4, -0.2) is 66.6 Å². The van der Waals surface area contributed by atoms with Gasteiger partial charge >= 0.3 is 0 Å². The van der Waals surface area contributed by atoms with Crippen LogP contribution in [-0.2, 0) is 13.0 Å². The van der Waals surface area contributed by atoms with Gasteiger partial charge < -0.3 is 4.57 Å². The summed E-state index contributed by atoms with van der Waals surface area (Å²) < 4.78 is 4.13. The second kappa shape index (κ2) is 10.1. The van der Waals surface area contributed by atoms with Crippen LogP contribution in [0.25, 0.3) is 5.69 Å². The van der Waals surface area contributed by atoms with E-state index in [9.17, 15) is 0 Å². The Balaban J connectivity index is 1.24. The minimum absolute atomic E-state index is 0.195. The summed E-state index contributed by atoms with van der Waals surface area (Å²) in [5, 5.41) is 13.4. The molecular formula is C28H33N7. The van der Waals surface area contributed by atoms with E-state index in [2.05, 4.69) is 84.3 Å². The average Bonchev–Trinajstić information content (AvgIpc) is 3.56. The molecule has 2 fully saturated rings. The van der Waals surface area contributed by atoms with Crippen LogP contribution in [0, 0.1) is 0 Å². The van der Waals surface area contributed by atoms with Gasteiger partial charge in [-0.1, -0.05) is 48.9 Å². The Bertz CT molecular complexity index is 1190. The van der Waals surface area contributed by atoms with Crippen LogP contribution in [0.15, 0.2) is 79.4 Å². The maximum absolute atomic E-state index is 4.67. The SMILES string of the molecule is c1ccc(Cn2cnnc2C(Cc2ccc(-n3cccn3)cc2)N2CCN(C3CCC3)CC2)cc1. The van der Waals surface area contributed by atoms with E-state index < -0.39 is 0 Å². The smallest absolute Gasteiger partial charge is 0.150 e. The van der Waals surface area contributed by atoms with Crippen molar-refractivity contribution in [3.05, 3.63) is 96.3 Å². The van der Waals surface area contributed by atoms with Crippen LogP contribution in [0.3, 0.4) is 0 Å². The van der Waals surface area contributed by atoms with Gasteiger partial charge in [0.25, 0.3) is 0 Å². The van der Waals surface area contributed by atoms with Gasteiger partial charge in [-0.25, -0.2) is 4.68 Å². The summed E-state index contributed by atoms with van der Waals surface area (Å²) in [4.78, 5) is 5.33. The number of nitrogens with zero attached hydrogens (tertiary/aromatic N) is 7. The van der Waals surface area contributed by atoms with E-state index in [-0.39, 0.29) is 6.04 Å². The molecule has 1 atom stereocenters. The van der Waals surface area contributed by atoms with E-state index in [1.54, 1.807) is 0 Å². The summed E-state index contributed by atoms with van der Waals surface area (Å²) in [5.41, 5.74) is 3.66. The number of hydrogen-bond acceptors (Lipinski definition) is 5. The van der Waals surface area contributed by atoms with Crippen molar-refractivity contribution < 1.29 is 0 Å². The molecule has 6 rings (SSSR count). The number of piperazine rings is 1. The first kappa shape index (κ1) is 22.2. The largest absolute Gasteiger partial charge is 0.312 e. The van der Waals surface area contributed by atoms with Gasteiger partial charge in [-0.3, -0.25) is 9.80 Å². The van der Waals surface area contributed by atoms with E-state index in [4.69, 9.17) is 0 Å². The van der Waals surface area contributed by atoms with Crippen LogP contribution >= 0.6 is 0 Å². The van der Waals surface area contributed by atoms with Crippen molar-refractivity contribution in [3.63, 3.8) is 0 Å². The van der Waals surface area contributed by atoms with E-state index in [0.29, 0.717) is 0 Å². The first-order valence-corrected chi connectivity index (χ1v) is 12.8. The molecule has 35 heavy (non-hydrogen) atoms. The molecule has 0 spiro atoms. The third-order valence-corrected chi connectivity index (χ3v) is 7.65. The second-order valence-electron chi connectivity index (χ2n) is 9.80. The zero-order valence-electron chi connectivity index (χ0n) is 20.2. The number of benzene rings is 2. The molecule has 3 heterocycles. The quantitative estimate of drug-likeness (QED) is 0.393. The highest BCUT2D eigenvalue weighted by Crippen LogP contribution is 2.30. The molecule has 1 saturated heterocycles. The summed E-state index contributed by atoms with van der Waals surface area (Å²) in [5.74, 6) is 1.06. The third kappa shape index (κ3) is 4.92. The zero-order valence-corrected chi connectivity index (χ0v) is 20.2. The van der Waals surface area contributed by atoms with Crippen molar-refractivity contribution >= 4 is 0 Å². The molecule has 2 aliphatic rings. The first-order valence-electron chi connectivity index (χ1n) is 12.8. The molecule has 2 aromatic heterocycles. The normalized spacial score (nSPS) is 18.4. The van der Waals surface area contributed by atoms with Gasteiger partial charge in [0.05, 0.1) is 18.3 Å². The van der Waals surface area contributed by atoms with Crippen LogP contribution in [0.5, 0.6) is 0 Å². The molecular weight excluding hydrogens is 434 g/mol. The van der Waals surface area contributed by atoms with Gasteiger partial charge in [0.1, 0.15) is 6.33 Å². The van der Waals surface area contributed by atoms with Crippen molar-refractivity contribution in [2.45, 2.75) is 44.3 Å². The summed E-state index contributed by atoms with van der Waals surface area (Å²) >= 11 is 0. The fraction of sp³-hybridized carbons (Fsp3) is 0.393. The fourth-order valence-electron chi connectivity index (χ4n) is 5.40. The van der Waals surface area contributed by atoms with Crippen molar-refractivity contribution in [2.24, 2.45) is 0 Å². The van der Waals surface area contributed by atoms with Crippen LogP contribution in [0.2, 0.25) is 0 Å². The molecule has 1 saturated carbocycles. The van der Waals surface area contributed by atoms with Gasteiger partial charge in [-0.15, -0.1) is 10.2 Å². The highest BCUT2D eigenvalue weighted by molar-refractivity contribution is 5.34. The van der Waals surface area contributed by atoms with E-state index >= 15 is 0 Å². The Morgan fingerprint density at radius 1 is 0.857 bits per heavy atom. The standard InChI is InChI=1S/C28H33N7/c1-2-6-24(7-3-1)21-34-22-29-31-28(34)27(33-18-16-32(17-19-33)25-8-4-9-25)20-23-10-12-26(13-11-23)35-15-5-14-30-35/h1-3,5-7,10-15,22,25,27H,4,8-9,16-21H2. The Morgan fingerprint density at radius 3 is 2.34 bits per heavy atom. The lowest BCUT2D eigenvalue weighted by Gasteiger charge is -2.44. The molecule has 0 bridgehead atoms. The lowest BCUT2D eigenvalue weighted by atomic mass is 9.91. The molecule has 2 aromatic carbocycles. The molecule has 7 nitrogen and oxygen atoms in total. The van der Waals surface area contributed by atoms with Gasteiger partial charge in [0.15, 0.2) is 5.82 Å². The summed E-state index contributed by atoms with van der Waals surface area (Å²) in [6.45, 7) is 5.23. The van der Waals surface area contributed by atoms with E-state index in [1.165, 1.54) is 30.4 Å². The van der Waals surface area contributed by atoms with Crippen LogP contribution in [0.1, 0.15) is 42.3 Å². The molecule has 4 aromatic rings. The summed E-state index contributed by atoms with van der Waals surface area (Å²) in [7, 11) is 0. The molecule has 7 heteroatoms. The van der Waals surface area contributed by atoms with Gasteiger partial charge in [0, 0.05) is 44.6 Å². The predicted octanol–water partition coefficient (Wildman–Crippen LogP) is 3.97. The van der Waals surface area contributed by atoms with Crippen molar-refractivity contribution in [1.29, 1.82) is 0 Å². The van der Waals surface area contributed by atoms with Crippen molar-refractivity contribution in [3.8, 4) is 5.69 Å². The van der Waals surface area contributed by atoms with Crippen molar-refractivity contribution in [2.75, 3.05) is 26.2 Å². The molecule has 0 amide bonds. The second-order valence-corrected chi connectivity index (χ2v) is 9.80. The summed E-state index contributed by atoms with van der Waals surface area (Å²) in [6.07, 6.45) is 10.7. The minimum atomic E-state index is 0.195. The highest BCUT2D eigenvalue weighted by atomic mass is 15.3. The highest BCUT2D eigenvalue weighted by Gasteiger charge is 2.32. The maximum atomic E-state index is 4.67. The van der Waals surface area contributed by atoms with E-state index in [1.807, 2.05) is 29.5 Å². The molecule has 0 N–H and O–H groups in total. The first-order chi connectivity index (χ1) is 17.3. The Labute approximate surface area is 207 Å². The van der Waals surface area contributed by atoms with Gasteiger partial charge in [-0.2, -0.15) is 5.10 Å². The molecule has 180 valence electrons. The molecule has 1 aliphatic heterocycles. The number of hydrogen-bond donors (Lipinski definition) is 0. The molecule has 1 aliphatic carbocycles. The van der Waals surface area contributed by atoms with E-state index in [0.717, 1.165) is 56.7 Å². The fourth-order valence-corrected chi connectivity index (χ4v) is 5.40. The lowest BCUT2D eigenvalue weighted by molar-refractivity contribution is 0.0397. The van der Waals surface area contributed by atoms with Crippen LogP contribution in [0.4, 0.5) is 0 Å². The predicted molar refractivity (Wildman–Crippen MR) is 136 cm³/mol. The lowest BCUT2D eigenvalue weighted by Crippen LogP contribution is -2.53. The number of rotatable bonds is 8. The Morgan fingerprint density at radius 2 is 1.66 bits per heavy atom. The van der Waals surface area contributed by atoms with Crippen molar-refractivity contribution in [1.82, 2.24) is 34.3 Å². The average molecular weight is 468 g/mol. The minimum Gasteiger partial charge on any atom is -0.312 e. The van der Waals surface area contributed by atoms with Crippen LogP contribution < -0.4 is 0 Å². The van der Waals surface area contributed by atoms with Gasteiger partial charge in [0.2, 0.25) is 0 Å². The van der Waals surface area contributed by atoms with Gasteiger partial charge in [-0.05, 0) is 48.6 Å². The molecule has 0 radical (unpaired) electrons. The number of aromatic nitrogens is 5. The third-order valence-electron chi connectivity index (χ3n) is 7.65. The summed E-state index contributed by atoms with van der Waals surface area (Å²) in [6, 6.07) is 22.3. The Kier molecular flexibility index (Phi) is 6.43. The monoisotopic (exact) mass is 467 g/mol. The maximum Gasteiger partial charge on any atom is 0.150 e. The Hall–Kier alpha value is -3.29.